The summed E-state index contributed by atoms with van der Waals surface area (Å²) in [6, 6.07) is 4.98. The molecule has 1 aliphatic heterocycles. The van der Waals surface area contributed by atoms with Gasteiger partial charge in [0.1, 0.15) is 11.7 Å². The van der Waals surface area contributed by atoms with Crippen molar-refractivity contribution in [1.29, 1.82) is 5.41 Å². The van der Waals surface area contributed by atoms with Crippen molar-refractivity contribution in [2.24, 2.45) is 11.1 Å². The fourth-order valence-electron chi connectivity index (χ4n) is 4.07. The third-order valence-corrected chi connectivity index (χ3v) is 5.34. The van der Waals surface area contributed by atoms with Crippen LogP contribution in [0.3, 0.4) is 0 Å². The molecule has 3 N–H and O–H groups in total. The maximum Gasteiger partial charge on any atom is 0.136 e. The van der Waals surface area contributed by atoms with Gasteiger partial charge in [-0.05, 0) is 43.2 Å². The first-order chi connectivity index (χ1) is 10.1. The molecule has 2 aliphatic rings. The highest BCUT2D eigenvalue weighted by atomic mass is 19.1. The highest BCUT2D eigenvalue weighted by molar-refractivity contribution is 6.00. The minimum atomic E-state index is -0.391. The van der Waals surface area contributed by atoms with Crippen molar-refractivity contribution in [1.82, 2.24) is 0 Å². The Labute approximate surface area is 125 Å². The fourth-order valence-corrected chi connectivity index (χ4v) is 4.07. The second-order valence-corrected chi connectivity index (χ2v) is 6.60. The number of rotatable bonds is 2. The van der Waals surface area contributed by atoms with Gasteiger partial charge in [0.25, 0.3) is 0 Å². The second kappa shape index (κ2) is 5.66. The van der Waals surface area contributed by atoms with Crippen LogP contribution in [-0.4, -0.2) is 18.9 Å². The Morgan fingerprint density at radius 1 is 1.10 bits per heavy atom. The van der Waals surface area contributed by atoms with E-state index in [-0.39, 0.29) is 11.4 Å². The van der Waals surface area contributed by atoms with Crippen LogP contribution < -0.4 is 10.6 Å². The van der Waals surface area contributed by atoms with Crippen LogP contribution in [-0.2, 0) is 0 Å². The molecule has 3 rings (SSSR count). The zero-order chi connectivity index (χ0) is 14.9. The zero-order valence-electron chi connectivity index (χ0n) is 12.5. The number of nitrogens with two attached hydrogens (primary N) is 1. The summed E-state index contributed by atoms with van der Waals surface area (Å²) in [5, 5.41) is 7.64. The average Bonchev–Trinajstić information content (AvgIpc) is 2.48. The fraction of sp³-hybridized carbons (Fsp3) is 0.588. The van der Waals surface area contributed by atoms with E-state index < -0.39 is 5.82 Å². The number of anilines is 1. The van der Waals surface area contributed by atoms with Crippen molar-refractivity contribution in [3.63, 3.8) is 0 Å². The topological polar surface area (TPSA) is 53.1 Å². The molecule has 114 valence electrons. The molecule has 3 nitrogen and oxygen atoms in total. The van der Waals surface area contributed by atoms with E-state index in [1.807, 2.05) is 6.07 Å². The summed E-state index contributed by atoms with van der Waals surface area (Å²) in [5.41, 5.74) is 7.15. The quantitative estimate of drug-likeness (QED) is 0.645. The van der Waals surface area contributed by atoms with E-state index in [2.05, 4.69) is 4.90 Å². The molecule has 2 fully saturated rings. The predicted molar refractivity (Wildman–Crippen MR) is 84.4 cm³/mol. The number of nitrogen functional groups attached to an aromatic ring is 1. The minimum Gasteiger partial charge on any atom is -0.384 e. The van der Waals surface area contributed by atoms with Crippen molar-refractivity contribution < 1.29 is 4.39 Å². The lowest BCUT2D eigenvalue weighted by Gasteiger charge is -2.45. The lowest BCUT2D eigenvalue weighted by molar-refractivity contribution is 0.144. The van der Waals surface area contributed by atoms with Crippen LogP contribution in [0.2, 0.25) is 0 Å². The molecule has 1 aromatic carbocycles. The SMILES string of the molecule is N=C(N)c1c(F)cccc1N1CCC2(CCCCC2)CC1. The molecule has 1 heterocycles. The van der Waals surface area contributed by atoms with E-state index in [1.165, 1.54) is 51.0 Å². The summed E-state index contributed by atoms with van der Waals surface area (Å²) >= 11 is 0. The molecule has 4 heteroatoms. The smallest absolute Gasteiger partial charge is 0.136 e. The molecule has 0 bridgehead atoms. The standard InChI is InChI=1S/C17H24FN3/c18-13-5-4-6-14(15(13)16(19)20)21-11-9-17(10-12-21)7-2-1-3-8-17/h4-6H,1-3,7-12H2,(H3,19,20). The summed E-state index contributed by atoms with van der Waals surface area (Å²) in [6.07, 6.45) is 9.16. The van der Waals surface area contributed by atoms with Crippen molar-refractivity contribution in [3.05, 3.63) is 29.6 Å². The number of nitrogens with one attached hydrogen (secondary N) is 1. The summed E-state index contributed by atoms with van der Waals surface area (Å²) in [6.45, 7) is 1.90. The summed E-state index contributed by atoms with van der Waals surface area (Å²) < 4.78 is 14.0. The zero-order valence-corrected chi connectivity index (χ0v) is 12.5. The normalized spacial score (nSPS) is 21.5. The lowest BCUT2D eigenvalue weighted by Crippen LogP contribution is -2.42. The highest BCUT2D eigenvalue weighted by Crippen LogP contribution is 2.45. The van der Waals surface area contributed by atoms with Crippen LogP contribution >= 0.6 is 0 Å². The molecule has 1 aliphatic carbocycles. The molecular formula is C17H24FN3. The van der Waals surface area contributed by atoms with Crippen LogP contribution in [0.15, 0.2) is 18.2 Å². The Morgan fingerprint density at radius 3 is 2.38 bits per heavy atom. The molecule has 0 unspecified atom stereocenters. The number of nitrogens with zero attached hydrogens (tertiary/aromatic N) is 1. The molecule has 1 saturated heterocycles. The van der Waals surface area contributed by atoms with E-state index >= 15 is 0 Å². The molecule has 1 saturated carbocycles. The maximum absolute atomic E-state index is 14.0. The highest BCUT2D eigenvalue weighted by Gasteiger charge is 2.36. The van der Waals surface area contributed by atoms with Gasteiger partial charge in [-0.3, -0.25) is 5.41 Å². The van der Waals surface area contributed by atoms with Gasteiger partial charge in [0, 0.05) is 13.1 Å². The van der Waals surface area contributed by atoms with Gasteiger partial charge in [-0.1, -0.05) is 25.3 Å². The summed E-state index contributed by atoms with van der Waals surface area (Å²) in [7, 11) is 0. The van der Waals surface area contributed by atoms with E-state index in [1.54, 1.807) is 6.07 Å². The molecule has 0 atom stereocenters. The number of hydrogen-bond donors (Lipinski definition) is 2. The van der Waals surface area contributed by atoms with Crippen molar-refractivity contribution in [2.45, 2.75) is 44.9 Å². The third-order valence-electron chi connectivity index (χ3n) is 5.34. The number of halogens is 1. The second-order valence-electron chi connectivity index (χ2n) is 6.60. The van der Waals surface area contributed by atoms with Gasteiger partial charge in [-0.25, -0.2) is 4.39 Å². The number of amidine groups is 1. The first kappa shape index (κ1) is 14.4. The Kier molecular flexibility index (Phi) is 3.87. The number of piperidine rings is 1. The van der Waals surface area contributed by atoms with Gasteiger partial charge in [0.2, 0.25) is 0 Å². The predicted octanol–water partition coefficient (Wildman–Crippen LogP) is 3.66. The van der Waals surface area contributed by atoms with Crippen LogP contribution in [0.5, 0.6) is 0 Å². The van der Waals surface area contributed by atoms with Gasteiger partial charge in [-0.2, -0.15) is 0 Å². The molecule has 0 amide bonds. The van der Waals surface area contributed by atoms with Crippen LogP contribution in [0.4, 0.5) is 10.1 Å². The van der Waals surface area contributed by atoms with Crippen molar-refractivity contribution >= 4 is 11.5 Å². The molecule has 21 heavy (non-hydrogen) atoms. The van der Waals surface area contributed by atoms with E-state index in [0.29, 0.717) is 5.41 Å². The third kappa shape index (κ3) is 2.76. The number of benzene rings is 1. The Morgan fingerprint density at radius 2 is 1.76 bits per heavy atom. The summed E-state index contributed by atoms with van der Waals surface area (Å²) in [5.74, 6) is -0.570. The van der Waals surface area contributed by atoms with Gasteiger partial charge in [0.15, 0.2) is 0 Å². The monoisotopic (exact) mass is 289 g/mol. The first-order valence-electron chi connectivity index (χ1n) is 7.99. The number of hydrogen-bond acceptors (Lipinski definition) is 2. The van der Waals surface area contributed by atoms with Crippen molar-refractivity contribution in [3.8, 4) is 0 Å². The lowest BCUT2D eigenvalue weighted by atomic mass is 9.68. The van der Waals surface area contributed by atoms with E-state index in [9.17, 15) is 4.39 Å². The van der Waals surface area contributed by atoms with Gasteiger partial charge < -0.3 is 10.6 Å². The maximum atomic E-state index is 14.0. The first-order valence-corrected chi connectivity index (χ1v) is 7.99. The van der Waals surface area contributed by atoms with Gasteiger partial charge in [-0.15, -0.1) is 0 Å². The molecular weight excluding hydrogens is 265 g/mol. The molecule has 0 radical (unpaired) electrons. The van der Waals surface area contributed by atoms with Crippen molar-refractivity contribution in [2.75, 3.05) is 18.0 Å². The Bertz CT molecular complexity index is 525. The molecule has 1 aromatic rings. The van der Waals surface area contributed by atoms with Gasteiger partial charge >= 0.3 is 0 Å². The van der Waals surface area contributed by atoms with Crippen LogP contribution in [0.25, 0.3) is 0 Å². The Hall–Kier alpha value is -1.58. The average molecular weight is 289 g/mol. The van der Waals surface area contributed by atoms with E-state index in [4.69, 9.17) is 11.1 Å². The van der Waals surface area contributed by atoms with Crippen LogP contribution in [0, 0.1) is 16.6 Å². The van der Waals surface area contributed by atoms with Gasteiger partial charge in [0.05, 0.1) is 11.3 Å². The van der Waals surface area contributed by atoms with E-state index in [0.717, 1.165) is 18.8 Å². The summed E-state index contributed by atoms with van der Waals surface area (Å²) in [4.78, 5) is 2.21. The molecule has 1 spiro atoms. The minimum absolute atomic E-state index is 0.180. The Balaban J connectivity index is 1.78. The van der Waals surface area contributed by atoms with Crippen LogP contribution in [0.1, 0.15) is 50.5 Å². The molecule has 0 aromatic heterocycles. The largest absolute Gasteiger partial charge is 0.384 e.